The summed E-state index contributed by atoms with van der Waals surface area (Å²) in [6.45, 7) is 1.64. The maximum Gasteiger partial charge on any atom is 0.119 e. The minimum Gasteiger partial charge on any atom is -0.492 e. The first-order valence-corrected chi connectivity index (χ1v) is 6.27. The first kappa shape index (κ1) is 10.5. The summed E-state index contributed by atoms with van der Waals surface area (Å²) in [7, 11) is 0. The van der Waals surface area contributed by atoms with Crippen molar-refractivity contribution in [3.05, 3.63) is 53.9 Å². The molecule has 1 aromatic carbocycles. The molecule has 0 atom stereocenters. The second-order valence-electron chi connectivity index (χ2n) is 4.55. The topological polar surface area (TPSA) is 14.2 Å². The quantitative estimate of drug-likeness (QED) is 0.783. The van der Waals surface area contributed by atoms with E-state index in [0.29, 0.717) is 0 Å². The van der Waals surface area contributed by atoms with Crippen LogP contribution in [0.5, 0.6) is 5.75 Å². The van der Waals surface area contributed by atoms with Crippen LogP contribution < -0.4 is 4.74 Å². The fourth-order valence-corrected chi connectivity index (χ4v) is 2.43. The van der Waals surface area contributed by atoms with Gasteiger partial charge in [0.2, 0.25) is 0 Å². The Labute approximate surface area is 102 Å². The molecular weight excluding hydrogens is 210 g/mol. The lowest BCUT2D eigenvalue weighted by Gasteiger charge is -2.08. The third-order valence-electron chi connectivity index (χ3n) is 3.35. The molecule has 0 saturated carbocycles. The van der Waals surface area contributed by atoms with E-state index in [0.717, 1.165) is 18.9 Å². The first-order chi connectivity index (χ1) is 8.42. The molecule has 1 aliphatic rings. The minimum atomic E-state index is 0.730. The van der Waals surface area contributed by atoms with Crippen LogP contribution in [-0.4, -0.2) is 11.2 Å². The molecule has 2 aromatic rings. The Morgan fingerprint density at radius 1 is 1.06 bits per heavy atom. The minimum absolute atomic E-state index is 0.730. The largest absolute Gasteiger partial charge is 0.492 e. The number of hydrogen-bond acceptors (Lipinski definition) is 1. The fraction of sp³-hybridized carbons (Fsp3) is 0.333. The van der Waals surface area contributed by atoms with Crippen LogP contribution >= 0.6 is 0 Å². The van der Waals surface area contributed by atoms with E-state index in [1.807, 2.05) is 12.1 Å². The molecule has 2 nitrogen and oxygen atoms in total. The van der Waals surface area contributed by atoms with Gasteiger partial charge in [-0.05, 0) is 54.7 Å². The van der Waals surface area contributed by atoms with E-state index in [-0.39, 0.29) is 0 Å². The summed E-state index contributed by atoms with van der Waals surface area (Å²) in [5.74, 6) is 1.01. The lowest BCUT2D eigenvalue weighted by Crippen LogP contribution is -2.06. The monoisotopic (exact) mass is 227 g/mol. The zero-order chi connectivity index (χ0) is 11.5. The Bertz CT molecular complexity index is 488. The van der Waals surface area contributed by atoms with E-state index in [4.69, 9.17) is 4.74 Å². The predicted molar refractivity (Wildman–Crippen MR) is 68.4 cm³/mol. The Kier molecular flexibility index (Phi) is 2.87. The average Bonchev–Trinajstić information content (AvgIpc) is 2.98. The highest BCUT2D eigenvalue weighted by Crippen LogP contribution is 2.25. The highest BCUT2D eigenvalue weighted by atomic mass is 16.5. The van der Waals surface area contributed by atoms with Crippen molar-refractivity contribution < 1.29 is 4.74 Å². The molecule has 3 rings (SSSR count). The molecule has 0 fully saturated rings. The van der Waals surface area contributed by atoms with E-state index in [1.54, 1.807) is 0 Å². The van der Waals surface area contributed by atoms with Crippen LogP contribution in [0.15, 0.2) is 42.7 Å². The van der Waals surface area contributed by atoms with Gasteiger partial charge in [0, 0.05) is 12.4 Å². The van der Waals surface area contributed by atoms with Gasteiger partial charge in [0.05, 0.1) is 6.54 Å². The van der Waals surface area contributed by atoms with Crippen molar-refractivity contribution in [2.75, 3.05) is 6.61 Å². The maximum absolute atomic E-state index is 5.78. The highest BCUT2D eigenvalue weighted by Gasteiger charge is 2.10. The Morgan fingerprint density at radius 2 is 1.88 bits per heavy atom. The van der Waals surface area contributed by atoms with E-state index >= 15 is 0 Å². The van der Waals surface area contributed by atoms with Crippen LogP contribution in [0, 0.1) is 0 Å². The number of nitrogens with zero attached hydrogens (tertiary/aromatic N) is 1. The van der Waals surface area contributed by atoms with Crippen molar-refractivity contribution in [2.45, 2.75) is 25.8 Å². The van der Waals surface area contributed by atoms with Crippen molar-refractivity contribution in [3.63, 3.8) is 0 Å². The smallest absolute Gasteiger partial charge is 0.119 e. The molecule has 88 valence electrons. The van der Waals surface area contributed by atoms with Crippen LogP contribution in [0.2, 0.25) is 0 Å². The van der Waals surface area contributed by atoms with E-state index in [2.05, 4.69) is 35.2 Å². The summed E-state index contributed by atoms with van der Waals surface area (Å²) in [5.41, 5.74) is 2.98. The van der Waals surface area contributed by atoms with Gasteiger partial charge in [-0.1, -0.05) is 6.07 Å². The average molecular weight is 227 g/mol. The molecule has 0 unspecified atom stereocenters. The molecule has 0 radical (unpaired) electrons. The summed E-state index contributed by atoms with van der Waals surface area (Å²) in [5, 5.41) is 0. The number of ether oxygens (including phenoxy) is 1. The molecule has 17 heavy (non-hydrogen) atoms. The summed E-state index contributed by atoms with van der Waals surface area (Å²) < 4.78 is 7.92. The second kappa shape index (κ2) is 4.66. The third kappa shape index (κ3) is 2.36. The van der Waals surface area contributed by atoms with Gasteiger partial charge >= 0.3 is 0 Å². The molecule has 2 heteroatoms. The van der Waals surface area contributed by atoms with Crippen molar-refractivity contribution in [3.8, 4) is 5.75 Å². The van der Waals surface area contributed by atoms with Gasteiger partial charge < -0.3 is 9.30 Å². The second-order valence-corrected chi connectivity index (χ2v) is 4.55. The normalized spacial score (nSPS) is 13.6. The molecule has 0 bridgehead atoms. The Hall–Kier alpha value is -1.70. The lowest BCUT2D eigenvalue weighted by molar-refractivity contribution is 0.298. The molecule has 1 aliphatic carbocycles. The fourth-order valence-electron chi connectivity index (χ4n) is 2.43. The number of rotatable bonds is 4. The van der Waals surface area contributed by atoms with Gasteiger partial charge in [-0.25, -0.2) is 0 Å². The van der Waals surface area contributed by atoms with Crippen LogP contribution in [0.25, 0.3) is 0 Å². The zero-order valence-corrected chi connectivity index (χ0v) is 9.93. The van der Waals surface area contributed by atoms with Gasteiger partial charge in [-0.2, -0.15) is 0 Å². The molecule has 0 spiro atoms. The van der Waals surface area contributed by atoms with Crippen LogP contribution in [0.3, 0.4) is 0 Å². The van der Waals surface area contributed by atoms with Crippen molar-refractivity contribution in [1.82, 2.24) is 4.57 Å². The number of aryl methyl sites for hydroxylation is 2. The van der Waals surface area contributed by atoms with Crippen LogP contribution in [0.4, 0.5) is 0 Å². The van der Waals surface area contributed by atoms with E-state index in [1.165, 1.54) is 30.4 Å². The molecule has 1 heterocycles. The van der Waals surface area contributed by atoms with E-state index in [9.17, 15) is 0 Å². The molecule has 0 amide bonds. The van der Waals surface area contributed by atoms with Crippen LogP contribution in [0.1, 0.15) is 17.5 Å². The van der Waals surface area contributed by atoms with Crippen molar-refractivity contribution in [2.24, 2.45) is 0 Å². The van der Waals surface area contributed by atoms with Crippen LogP contribution in [-0.2, 0) is 19.4 Å². The maximum atomic E-state index is 5.78. The Balaban J connectivity index is 1.58. The molecular formula is C15H17NO. The third-order valence-corrected chi connectivity index (χ3v) is 3.35. The molecule has 0 N–H and O–H groups in total. The van der Waals surface area contributed by atoms with Gasteiger partial charge in [-0.15, -0.1) is 0 Å². The molecule has 0 saturated heterocycles. The molecule has 0 aliphatic heterocycles. The van der Waals surface area contributed by atoms with Gasteiger partial charge in [0.15, 0.2) is 0 Å². The summed E-state index contributed by atoms with van der Waals surface area (Å²) in [6, 6.07) is 10.6. The SMILES string of the molecule is c1ccn(CCOc2ccc3c(c2)CCC3)c1. The predicted octanol–water partition coefficient (Wildman–Crippen LogP) is 3.06. The number of fused-ring (bicyclic) bond motifs is 1. The molecule has 1 aromatic heterocycles. The first-order valence-electron chi connectivity index (χ1n) is 6.27. The number of hydrogen-bond donors (Lipinski definition) is 0. The number of aromatic nitrogens is 1. The summed E-state index contributed by atoms with van der Waals surface area (Å²) in [6.07, 6.45) is 7.86. The zero-order valence-electron chi connectivity index (χ0n) is 9.93. The standard InChI is InChI=1S/C15H17NO/c1-2-9-16(8-1)10-11-17-15-7-6-13-4-3-5-14(13)12-15/h1-2,6-9,12H,3-5,10-11H2. The van der Waals surface area contributed by atoms with Gasteiger partial charge in [0.1, 0.15) is 12.4 Å². The van der Waals surface area contributed by atoms with Gasteiger partial charge in [0.25, 0.3) is 0 Å². The van der Waals surface area contributed by atoms with Crippen molar-refractivity contribution in [1.29, 1.82) is 0 Å². The lowest BCUT2D eigenvalue weighted by atomic mass is 10.1. The summed E-state index contributed by atoms with van der Waals surface area (Å²) >= 11 is 0. The number of benzene rings is 1. The highest BCUT2D eigenvalue weighted by molar-refractivity contribution is 5.38. The Morgan fingerprint density at radius 3 is 2.76 bits per heavy atom. The van der Waals surface area contributed by atoms with E-state index < -0.39 is 0 Å². The van der Waals surface area contributed by atoms with Gasteiger partial charge in [-0.3, -0.25) is 0 Å². The summed E-state index contributed by atoms with van der Waals surface area (Å²) in [4.78, 5) is 0. The van der Waals surface area contributed by atoms with Crippen molar-refractivity contribution >= 4 is 0 Å².